The second-order valence-electron chi connectivity index (χ2n) is 7.78. The molecular formula is C22H21N5O3. The average molecular weight is 403 g/mol. The summed E-state index contributed by atoms with van der Waals surface area (Å²) >= 11 is 0. The fourth-order valence-corrected chi connectivity index (χ4v) is 4.03. The van der Waals surface area contributed by atoms with Crippen LogP contribution in [0.15, 0.2) is 47.3 Å². The van der Waals surface area contributed by atoms with Gasteiger partial charge in [-0.3, -0.25) is 23.9 Å². The average Bonchev–Trinajstić information content (AvgIpc) is 3.02. The van der Waals surface area contributed by atoms with Crippen LogP contribution in [0.4, 0.5) is 5.69 Å². The van der Waals surface area contributed by atoms with Crippen molar-refractivity contribution in [3.63, 3.8) is 0 Å². The van der Waals surface area contributed by atoms with Crippen molar-refractivity contribution in [1.82, 2.24) is 19.4 Å². The van der Waals surface area contributed by atoms with Gasteiger partial charge in [-0.15, -0.1) is 0 Å². The number of para-hydroxylation sites is 1. The molecule has 1 saturated heterocycles. The molecule has 0 atom stereocenters. The van der Waals surface area contributed by atoms with Crippen LogP contribution in [-0.2, 0) is 4.79 Å². The van der Waals surface area contributed by atoms with Crippen LogP contribution in [-0.4, -0.2) is 70.8 Å². The van der Waals surface area contributed by atoms with Crippen molar-refractivity contribution in [2.24, 2.45) is 0 Å². The number of piperazine rings is 1. The third-order valence-electron chi connectivity index (χ3n) is 5.71. The summed E-state index contributed by atoms with van der Waals surface area (Å²) in [5.41, 5.74) is 1.62. The number of likely N-dealkylation sites (N-methyl/N-ethyl adjacent to an activating group) is 1. The molecule has 0 aliphatic carbocycles. The summed E-state index contributed by atoms with van der Waals surface area (Å²) < 4.78 is 1.36. The molecule has 1 amide bonds. The molecule has 30 heavy (non-hydrogen) atoms. The van der Waals surface area contributed by atoms with Crippen molar-refractivity contribution in [3.8, 4) is 5.69 Å². The minimum atomic E-state index is -0.317. The van der Waals surface area contributed by atoms with Crippen molar-refractivity contribution in [3.05, 3.63) is 64.2 Å². The summed E-state index contributed by atoms with van der Waals surface area (Å²) in [6.45, 7) is 3.89. The molecule has 0 radical (unpaired) electrons. The van der Waals surface area contributed by atoms with Crippen molar-refractivity contribution in [1.29, 1.82) is 0 Å². The number of amides is 1. The first kappa shape index (κ1) is 18.7. The van der Waals surface area contributed by atoms with Gasteiger partial charge in [-0.05, 0) is 37.4 Å². The Morgan fingerprint density at radius 2 is 1.83 bits per heavy atom. The molecule has 1 fully saturated rings. The Bertz CT molecular complexity index is 1240. The molecule has 0 unspecified atom stereocenters. The van der Waals surface area contributed by atoms with E-state index >= 15 is 0 Å². The van der Waals surface area contributed by atoms with Gasteiger partial charge in [0.05, 0.1) is 28.7 Å². The van der Waals surface area contributed by atoms with Gasteiger partial charge in [0.25, 0.3) is 5.56 Å². The van der Waals surface area contributed by atoms with E-state index in [1.54, 1.807) is 42.5 Å². The number of carbonyl (C=O) groups excluding carboxylic acids is 2. The van der Waals surface area contributed by atoms with E-state index in [2.05, 4.69) is 27.1 Å². The number of carbonyl (C=O) groups is 2. The lowest BCUT2D eigenvalue weighted by Gasteiger charge is -2.31. The van der Waals surface area contributed by atoms with Crippen molar-refractivity contribution in [2.75, 3.05) is 45.1 Å². The number of aromatic nitrogens is 2. The third-order valence-corrected chi connectivity index (χ3v) is 5.71. The van der Waals surface area contributed by atoms with Crippen LogP contribution in [0.1, 0.15) is 16.2 Å². The Labute approximate surface area is 172 Å². The maximum atomic E-state index is 12.9. The summed E-state index contributed by atoms with van der Waals surface area (Å²) in [6, 6.07) is 12.0. The van der Waals surface area contributed by atoms with E-state index in [-0.39, 0.29) is 23.1 Å². The van der Waals surface area contributed by atoms with Crippen LogP contribution in [0, 0.1) is 0 Å². The summed E-state index contributed by atoms with van der Waals surface area (Å²) in [5.74, 6) is -0.332. The van der Waals surface area contributed by atoms with Gasteiger partial charge >= 0.3 is 0 Å². The van der Waals surface area contributed by atoms with E-state index in [1.165, 1.54) is 4.57 Å². The molecule has 2 aromatic carbocycles. The molecule has 2 aliphatic rings. The lowest BCUT2D eigenvalue weighted by Crippen LogP contribution is -2.47. The summed E-state index contributed by atoms with van der Waals surface area (Å²) in [7, 11) is 2.07. The number of ketones is 1. The zero-order valence-corrected chi connectivity index (χ0v) is 16.6. The fourth-order valence-electron chi connectivity index (χ4n) is 4.03. The molecule has 0 bridgehead atoms. The SMILES string of the molecule is CN1CCN(CC(=O)Nc2ccc3c(c2)C(=O)c2nc4ccccc4c(=O)n2-3)CC1. The van der Waals surface area contributed by atoms with Crippen LogP contribution < -0.4 is 10.9 Å². The first-order chi connectivity index (χ1) is 14.5. The molecule has 5 rings (SSSR count). The zero-order valence-electron chi connectivity index (χ0n) is 16.6. The van der Waals surface area contributed by atoms with Crippen LogP contribution in [0.2, 0.25) is 0 Å². The van der Waals surface area contributed by atoms with Gasteiger partial charge in [-0.25, -0.2) is 4.98 Å². The van der Waals surface area contributed by atoms with Crippen LogP contribution in [0.25, 0.3) is 16.6 Å². The van der Waals surface area contributed by atoms with Crippen LogP contribution >= 0.6 is 0 Å². The summed E-state index contributed by atoms with van der Waals surface area (Å²) in [4.78, 5) is 47.1. The topological polar surface area (TPSA) is 87.5 Å². The molecule has 1 aromatic heterocycles. The number of hydrogen-bond acceptors (Lipinski definition) is 6. The number of fused-ring (bicyclic) bond motifs is 4. The Morgan fingerprint density at radius 3 is 2.63 bits per heavy atom. The van der Waals surface area contributed by atoms with E-state index in [9.17, 15) is 14.4 Å². The van der Waals surface area contributed by atoms with Gasteiger partial charge in [0.15, 0.2) is 5.82 Å². The molecule has 8 heteroatoms. The van der Waals surface area contributed by atoms with E-state index in [0.717, 1.165) is 26.2 Å². The first-order valence-corrected chi connectivity index (χ1v) is 9.93. The molecule has 8 nitrogen and oxygen atoms in total. The highest BCUT2D eigenvalue weighted by Gasteiger charge is 2.30. The van der Waals surface area contributed by atoms with Gasteiger partial charge in [-0.1, -0.05) is 12.1 Å². The highest BCUT2D eigenvalue weighted by molar-refractivity contribution is 6.14. The van der Waals surface area contributed by atoms with Gasteiger partial charge in [-0.2, -0.15) is 0 Å². The number of hydrogen-bond donors (Lipinski definition) is 1. The van der Waals surface area contributed by atoms with Crippen molar-refractivity contribution >= 4 is 28.3 Å². The van der Waals surface area contributed by atoms with E-state index in [0.29, 0.717) is 34.4 Å². The maximum absolute atomic E-state index is 12.9. The third kappa shape index (κ3) is 3.10. The Balaban J connectivity index is 1.41. The standard InChI is InChI=1S/C22H21N5O3/c1-25-8-10-26(11-9-25)13-19(28)23-14-6-7-18-16(12-14)20(29)21-24-17-5-3-2-4-15(17)22(30)27(18)21/h2-7,12H,8-11,13H2,1H3,(H,23,28). The largest absolute Gasteiger partial charge is 0.325 e. The maximum Gasteiger partial charge on any atom is 0.266 e. The van der Waals surface area contributed by atoms with Crippen molar-refractivity contribution in [2.45, 2.75) is 0 Å². The molecule has 2 aliphatic heterocycles. The Hall–Kier alpha value is -3.36. The monoisotopic (exact) mass is 403 g/mol. The molecule has 3 aromatic rings. The number of nitrogens with one attached hydrogen (secondary N) is 1. The van der Waals surface area contributed by atoms with E-state index in [4.69, 9.17) is 0 Å². The first-order valence-electron chi connectivity index (χ1n) is 9.93. The lowest BCUT2D eigenvalue weighted by atomic mass is 10.1. The zero-order chi connectivity index (χ0) is 20.8. The molecule has 152 valence electrons. The number of anilines is 1. The highest BCUT2D eigenvalue weighted by atomic mass is 16.2. The van der Waals surface area contributed by atoms with Crippen LogP contribution in [0.5, 0.6) is 0 Å². The molecular weight excluding hydrogens is 382 g/mol. The molecule has 1 N–H and O–H groups in total. The molecule has 3 heterocycles. The number of rotatable bonds is 3. The smallest absolute Gasteiger partial charge is 0.266 e. The Kier molecular flexibility index (Phi) is 4.45. The minimum Gasteiger partial charge on any atom is -0.325 e. The van der Waals surface area contributed by atoms with E-state index in [1.807, 2.05) is 0 Å². The molecule has 0 saturated carbocycles. The van der Waals surface area contributed by atoms with E-state index < -0.39 is 0 Å². The number of benzene rings is 2. The fraction of sp³-hybridized carbons (Fsp3) is 0.273. The second-order valence-corrected chi connectivity index (χ2v) is 7.78. The predicted octanol–water partition coefficient (Wildman–Crippen LogP) is 1.12. The minimum absolute atomic E-state index is 0.106. The Morgan fingerprint density at radius 1 is 1.07 bits per heavy atom. The van der Waals surface area contributed by atoms with Gasteiger partial charge in [0.2, 0.25) is 11.7 Å². The predicted molar refractivity (Wildman–Crippen MR) is 113 cm³/mol. The highest BCUT2D eigenvalue weighted by Crippen LogP contribution is 2.28. The van der Waals surface area contributed by atoms with Gasteiger partial charge in [0.1, 0.15) is 0 Å². The van der Waals surface area contributed by atoms with Crippen molar-refractivity contribution < 1.29 is 9.59 Å². The second kappa shape index (κ2) is 7.16. The lowest BCUT2D eigenvalue weighted by molar-refractivity contribution is -0.117. The van der Waals surface area contributed by atoms with Gasteiger partial charge < -0.3 is 10.2 Å². The number of nitrogens with zero attached hydrogens (tertiary/aromatic N) is 4. The normalized spacial score (nSPS) is 16.5. The summed E-state index contributed by atoms with van der Waals surface area (Å²) in [5, 5.41) is 3.33. The molecule has 0 spiro atoms. The summed E-state index contributed by atoms with van der Waals surface area (Å²) in [6.07, 6.45) is 0. The quantitative estimate of drug-likeness (QED) is 0.552. The van der Waals surface area contributed by atoms with Gasteiger partial charge in [0, 0.05) is 31.9 Å². The van der Waals surface area contributed by atoms with Crippen LogP contribution in [0.3, 0.4) is 0 Å².